The summed E-state index contributed by atoms with van der Waals surface area (Å²) in [6.07, 6.45) is 1.13. The standard InChI is InChI=1S/C20H22N2O4/c1-3-25-17-9-5-14(12-18(17)26-4-2)20(24)21-15-7-8-16-13(11-15)6-10-19(23)22-16/h5,7-9,11-12H,3-4,6,10H2,1-2H3,(H,21,24)(H,22,23). The molecule has 6 heteroatoms. The first-order valence-electron chi connectivity index (χ1n) is 8.74. The summed E-state index contributed by atoms with van der Waals surface area (Å²) in [5, 5.41) is 5.72. The summed E-state index contributed by atoms with van der Waals surface area (Å²) in [7, 11) is 0. The van der Waals surface area contributed by atoms with E-state index < -0.39 is 0 Å². The highest BCUT2D eigenvalue weighted by molar-refractivity contribution is 6.05. The van der Waals surface area contributed by atoms with E-state index >= 15 is 0 Å². The number of rotatable bonds is 6. The number of carbonyl (C=O) groups excluding carboxylic acids is 2. The van der Waals surface area contributed by atoms with Crippen LogP contribution in [0.3, 0.4) is 0 Å². The number of fused-ring (bicyclic) bond motifs is 1. The van der Waals surface area contributed by atoms with Gasteiger partial charge in [-0.1, -0.05) is 0 Å². The number of ether oxygens (including phenoxy) is 2. The Hall–Kier alpha value is -3.02. The molecule has 0 unspecified atom stereocenters. The molecular weight excluding hydrogens is 332 g/mol. The first-order valence-corrected chi connectivity index (χ1v) is 8.74. The van der Waals surface area contributed by atoms with Crippen molar-refractivity contribution in [3.05, 3.63) is 47.5 Å². The van der Waals surface area contributed by atoms with E-state index in [9.17, 15) is 9.59 Å². The molecule has 136 valence electrons. The minimum Gasteiger partial charge on any atom is -0.490 e. The number of hydrogen-bond donors (Lipinski definition) is 2. The Labute approximate surface area is 152 Å². The summed E-state index contributed by atoms with van der Waals surface area (Å²) in [6, 6.07) is 10.6. The van der Waals surface area contributed by atoms with Crippen LogP contribution in [0.15, 0.2) is 36.4 Å². The molecule has 3 rings (SSSR count). The maximum Gasteiger partial charge on any atom is 0.255 e. The van der Waals surface area contributed by atoms with Gasteiger partial charge in [-0.3, -0.25) is 9.59 Å². The van der Waals surface area contributed by atoms with E-state index in [2.05, 4.69) is 10.6 Å². The van der Waals surface area contributed by atoms with Crippen LogP contribution in [0.2, 0.25) is 0 Å². The van der Waals surface area contributed by atoms with Crippen LogP contribution in [-0.4, -0.2) is 25.0 Å². The van der Waals surface area contributed by atoms with E-state index in [4.69, 9.17) is 9.47 Å². The monoisotopic (exact) mass is 354 g/mol. The average molecular weight is 354 g/mol. The normalized spacial score (nSPS) is 12.8. The van der Waals surface area contributed by atoms with E-state index in [1.165, 1.54) is 0 Å². The molecule has 2 aromatic carbocycles. The maximum absolute atomic E-state index is 12.6. The molecule has 0 atom stereocenters. The molecule has 26 heavy (non-hydrogen) atoms. The fraction of sp³-hybridized carbons (Fsp3) is 0.300. The molecule has 0 fully saturated rings. The zero-order valence-corrected chi connectivity index (χ0v) is 14.9. The zero-order valence-electron chi connectivity index (χ0n) is 14.9. The predicted molar refractivity (Wildman–Crippen MR) is 100 cm³/mol. The lowest BCUT2D eigenvalue weighted by Crippen LogP contribution is -2.19. The van der Waals surface area contributed by atoms with Crippen molar-refractivity contribution >= 4 is 23.2 Å². The summed E-state index contributed by atoms with van der Waals surface area (Å²) < 4.78 is 11.1. The largest absolute Gasteiger partial charge is 0.490 e. The molecule has 0 radical (unpaired) electrons. The Bertz CT molecular complexity index is 833. The summed E-state index contributed by atoms with van der Waals surface area (Å²) in [5.74, 6) is 0.964. The van der Waals surface area contributed by atoms with E-state index in [0.29, 0.717) is 48.8 Å². The van der Waals surface area contributed by atoms with Gasteiger partial charge in [0.1, 0.15) is 0 Å². The van der Waals surface area contributed by atoms with Crippen LogP contribution in [0.4, 0.5) is 11.4 Å². The van der Waals surface area contributed by atoms with Crippen LogP contribution in [0, 0.1) is 0 Å². The van der Waals surface area contributed by atoms with Crippen LogP contribution >= 0.6 is 0 Å². The zero-order chi connectivity index (χ0) is 18.5. The Kier molecular flexibility index (Phi) is 5.41. The summed E-state index contributed by atoms with van der Waals surface area (Å²) in [5.41, 5.74) is 3.00. The van der Waals surface area contributed by atoms with Gasteiger partial charge in [0.25, 0.3) is 5.91 Å². The highest BCUT2D eigenvalue weighted by atomic mass is 16.5. The Balaban J connectivity index is 1.77. The van der Waals surface area contributed by atoms with Gasteiger partial charge in [-0.2, -0.15) is 0 Å². The number of benzene rings is 2. The third kappa shape index (κ3) is 3.96. The van der Waals surface area contributed by atoms with Crippen LogP contribution in [0.5, 0.6) is 11.5 Å². The molecule has 0 aliphatic carbocycles. The van der Waals surface area contributed by atoms with Crippen LogP contribution < -0.4 is 20.1 Å². The van der Waals surface area contributed by atoms with Gasteiger partial charge in [0.2, 0.25) is 5.91 Å². The first-order chi connectivity index (χ1) is 12.6. The van der Waals surface area contributed by atoms with E-state index in [0.717, 1.165) is 11.3 Å². The highest BCUT2D eigenvalue weighted by Gasteiger charge is 2.16. The summed E-state index contributed by atoms with van der Waals surface area (Å²) >= 11 is 0. The molecule has 0 saturated heterocycles. The molecule has 0 bridgehead atoms. The van der Waals surface area contributed by atoms with Crippen molar-refractivity contribution in [2.24, 2.45) is 0 Å². The molecule has 1 aliphatic heterocycles. The van der Waals surface area contributed by atoms with Crippen molar-refractivity contribution in [1.82, 2.24) is 0 Å². The minimum absolute atomic E-state index is 0.0205. The number of aryl methyl sites for hydroxylation is 1. The van der Waals surface area contributed by atoms with Gasteiger partial charge in [-0.15, -0.1) is 0 Å². The first kappa shape index (κ1) is 17.8. The second kappa shape index (κ2) is 7.91. The van der Waals surface area contributed by atoms with Crippen molar-refractivity contribution in [3.63, 3.8) is 0 Å². The van der Waals surface area contributed by atoms with Crippen LogP contribution in [0.1, 0.15) is 36.2 Å². The smallest absolute Gasteiger partial charge is 0.255 e. The van der Waals surface area contributed by atoms with Crippen molar-refractivity contribution < 1.29 is 19.1 Å². The maximum atomic E-state index is 12.6. The van der Waals surface area contributed by atoms with Gasteiger partial charge in [0.15, 0.2) is 11.5 Å². The number of amides is 2. The molecule has 6 nitrogen and oxygen atoms in total. The van der Waals surface area contributed by atoms with Crippen LogP contribution in [0.25, 0.3) is 0 Å². The molecule has 2 aromatic rings. The predicted octanol–water partition coefficient (Wildman–Crippen LogP) is 3.62. The van der Waals surface area contributed by atoms with Crippen molar-refractivity contribution in [1.29, 1.82) is 0 Å². The molecule has 0 aromatic heterocycles. The van der Waals surface area contributed by atoms with E-state index in [1.54, 1.807) is 24.3 Å². The Morgan fingerprint density at radius 3 is 2.58 bits per heavy atom. The molecule has 0 spiro atoms. The topological polar surface area (TPSA) is 76.7 Å². The fourth-order valence-corrected chi connectivity index (χ4v) is 2.86. The van der Waals surface area contributed by atoms with Gasteiger partial charge < -0.3 is 20.1 Å². The summed E-state index contributed by atoms with van der Waals surface area (Å²) in [6.45, 7) is 4.79. The second-order valence-electron chi connectivity index (χ2n) is 5.90. The molecule has 1 heterocycles. The van der Waals surface area contributed by atoms with E-state index in [-0.39, 0.29) is 11.8 Å². The molecule has 2 amide bonds. The average Bonchev–Trinajstić information content (AvgIpc) is 2.63. The van der Waals surface area contributed by atoms with Gasteiger partial charge in [0.05, 0.1) is 13.2 Å². The second-order valence-corrected chi connectivity index (χ2v) is 5.90. The molecule has 1 aliphatic rings. The lowest BCUT2D eigenvalue weighted by Gasteiger charge is -2.18. The number of anilines is 2. The Morgan fingerprint density at radius 1 is 1.04 bits per heavy atom. The van der Waals surface area contributed by atoms with Crippen LogP contribution in [-0.2, 0) is 11.2 Å². The quantitative estimate of drug-likeness (QED) is 0.831. The van der Waals surface area contributed by atoms with E-state index in [1.807, 2.05) is 26.0 Å². The van der Waals surface area contributed by atoms with Crippen molar-refractivity contribution in [3.8, 4) is 11.5 Å². The number of nitrogens with one attached hydrogen (secondary N) is 2. The van der Waals surface area contributed by atoms with Gasteiger partial charge in [-0.25, -0.2) is 0 Å². The minimum atomic E-state index is -0.228. The van der Waals surface area contributed by atoms with Gasteiger partial charge >= 0.3 is 0 Å². The number of carbonyl (C=O) groups is 2. The lowest BCUT2D eigenvalue weighted by atomic mass is 10.0. The molecule has 2 N–H and O–H groups in total. The third-order valence-electron chi connectivity index (χ3n) is 4.06. The molecular formula is C20H22N2O4. The lowest BCUT2D eigenvalue weighted by molar-refractivity contribution is -0.116. The Morgan fingerprint density at radius 2 is 1.81 bits per heavy atom. The SMILES string of the molecule is CCOc1ccc(C(=O)Nc2ccc3c(c2)CCC(=O)N3)cc1OCC. The third-order valence-corrected chi connectivity index (χ3v) is 4.06. The fourth-order valence-electron chi connectivity index (χ4n) is 2.86. The van der Waals surface area contributed by atoms with Crippen molar-refractivity contribution in [2.75, 3.05) is 23.8 Å². The number of hydrogen-bond acceptors (Lipinski definition) is 4. The van der Waals surface area contributed by atoms with Gasteiger partial charge in [-0.05, 0) is 62.2 Å². The highest BCUT2D eigenvalue weighted by Crippen LogP contribution is 2.29. The van der Waals surface area contributed by atoms with Crippen molar-refractivity contribution in [2.45, 2.75) is 26.7 Å². The van der Waals surface area contributed by atoms with Gasteiger partial charge in [0, 0.05) is 23.4 Å². The molecule has 0 saturated carbocycles. The summed E-state index contributed by atoms with van der Waals surface area (Å²) in [4.78, 5) is 24.0.